The van der Waals surface area contributed by atoms with Gasteiger partial charge in [0.2, 0.25) is 0 Å². The lowest BCUT2D eigenvalue weighted by atomic mass is 10.0. The van der Waals surface area contributed by atoms with E-state index in [-0.39, 0.29) is 0 Å². The van der Waals surface area contributed by atoms with Gasteiger partial charge in [-0.1, -0.05) is 219 Å². The minimum absolute atomic E-state index is 0.595. The van der Waals surface area contributed by atoms with Crippen molar-refractivity contribution in [2.75, 3.05) is 0 Å². The summed E-state index contributed by atoms with van der Waals surface area (Å²) in [6, 6.07) is 82.4. The molecule has 0 N–H and O–H groups in total. The number of fused-ring (bicyclic) bond motifs is 11. The molecule has 4 heterocycles. The largest absolute Gasteiger partial charge is 0.308 e. The number of hydrogen-bond acceptors (Lipinski definition) is 4. The molecule has 0 spiro atoms. The van der Waals surface area contributed by atoms with Crippen molar-refractivity contribution in [1.82, 2.24) is 24.1 Å². The van der Waals surface area contributed by atoms with Gasteiger partial charge in [-0.3, -0.25) is 0 Å². The van der Waals surface area contributed by atoms with Crippen molar-refractivity contribution in [2.24, 2.45) is 0 Å². The molecule has 0 saturated carbocycles. The van der Waals surface area contributed by atoms with Crippen LogP contribution in [0.15, 0.2) is 261 Å². The Morgan fingerprint density at radius 3 is 1.62 bits per heavy atom. The second-order valence-corrected chi connectivity index (χ2v) is 20.2. The predicted molar refractivity (Wildman–Crippen MR) is 322 cm³/mol. The van der Waals surface area contributed by atoms with Crippen molar-refractivity contribution in [2.45, 2.75) is 6.92 Å². The van der Waals surface area contributed by atoms with Crippen molar-refractivity contribution in [1.29, 1.82) is 0 Å². The number of hydrogen-bond donors (Lipinski definition) is 0. The molecular weight excluding hydrogens is 943 g/mol. The molecule has 0 atom stereocenters. The first-order chi connectivity index (χ1) is 37.6. The van der Waals surface area contributed by atoms with Gasteiger partial charge in [-0.05, 0) is 82.8 Å². The third kappa shape index (κ3) is 7.57. The lowest BCUT2D eigenvalue weighted by molar-refractivity contribution is 1.06. The first-order valence-corrected chi connectivity index (χ1v) is 26.4. The van der Waals surface area contributed by atoms with E-state index in [1.54, 1.807) is 0 Å². The van der Waals surface area contributed by atoms with E-state index in [2.05, 4.69) is 247 Å². The molecule has 358 valence electrons. The number of rotatable bonds is 10. The minimum Gasteiger partial charge on any atom is -0.308 e. The second kappa shape index (κ2) is 18.6. The van der Waals surface area contributed by atoms with Crippen LogP contribution in [0, 0.1) is 0 Å². The van der Waals surface area contributed by atoms with Crippen molar-refractivity contribution >= 4 is 80.7 Å². The van der Waals surface area contributed by atoms with Crippen LogP contribution in [0.3, 0.4) is 0 Å². The van der Waals surface area contributed by atoms with E-state index >= 15 is 0 Å². The molecule has 0 radical (unpaired) electrons. The number of benzene rings is 10. The minimum atomic E-state index is 0.595. The number of aromatic nitrogens is 5. The highest BCUT2D eigenvalue weighted by Gasteiger charge is 2.24. The summed E-state index contributed by atoms with van der Waals surface area (Å²) < 4.78 is 7.40. The Labute approximate surface area is 444 Å². The molecule has 14 rings (SSSR count). The van der Waals surface area contributed by atoms with Gasteiger partial charge in [0.25, 0.3) is 0 Å². The molecule has 6 heteroatoms. The lowest BCUT2D eigenvalue weighted by Gasteiger charge is -2.15. The Balaban J connectivity index is 1.00. The lowest BCUT2D eigenvalue weighted by Crippen LogP contribution is -2.03. The fourth-order valence-corrected chi connectivity index (χ4v) is 12.5. The van der Waals surface area contributed by atoms with Crippen molar-refractivity contribution in [3.63, 3.8) is 0 Å². The Hall–Kier alpha value is -9.75. The fraction of sp³-hybridized carbons (Fsp3) is 0.0143. The summed E-state index contributed by atoms with van der Waals surface area (Å²) in [5, 5.41) is 7.28. The van der Waals surface area contributed by atoms with E-state index in [9.17, 15) is 0 Å². The topological polar surface area (TPSA) is 48.5 Å². The predicted octanol–water partition coefficient (Wildman–Crippen LogP) is 18.9. The molecule has 76 heavy (non-hydrogen) atoms. The summed E-state index contributed by atoms with van der Waals surface area (Å²) in [6.45, 7) is 6.02. The highest BCUT2D eigenvalue weighted by molar-refractivity contribution is 7.27. The monoisotopic (exact) mass is 989 g/mol. The van der Waals surface area contributed by atoms with Crippen LogP contribution in [-0.4, -0.2) is 24.1 Å². The summed E-state index contributed by atoms with van der Waals surface area (Å²) in [5.41, 5.74) is 16.4. The van der Waals surface area contributed by atoms with Gasteiger partial charge in [0, 0.05) is 54.7 Å². The molecule has 0 bridgehead atoms. The van der Waals surface area contributed by atoms with Crippen LogP contribution in [0.1, 0.15) is 12.5 Å². The van der Waals surface area contributed by atoms with Gasteiger partial charge in [0.1, 0.15) is 0 Å². The van der Waals surface area contributed by atoms with Crippen molar-refractivity contribution < 1.29 is 0 Å². The van der Waals surface area contributed by atoms with Crippen LogP contribution in [0.5, 0.6) is 0 Å². The zero-order valence-corrected chi connectivity index (χ0v) is 42.4. The zero-order chi connectivity index (χ0) is 50.7. The van der Waals surface area contributed by atoms with Crippen LogP contribution in [0.25, 0.3) is 137 Å². The summed E-state index contributed by atoms with van der Waals surface area (Å²) in [7, 11) is 0. The van der Waals surface area contributed by atoms with Gasteiger partial charge in [0.15, 0.2) is 17.5 Å². The maximum Gasteiger partial charge on any atom is 0.166 e. The number of nitrogens with zero attached hydrogens (tertiary/aromatic N) is 5. The number of thiophene rings is 1. The molecular formula is C70H47N5S. The maximum absolute atomic E-state index is 5.41. The van der Waals surface area contributed by atoms with Crippen LogP contribution in [-0.2, 0) is 0 Å². The highest BCUT2D eigenvalue weighted by atomic mass is 32.1. The summed E-state index contributed by atoms with van der Waals surface area (Å²) in [4.78, 5) is 16.1. The first kappa shape index (κ1) is 44.9. The quantitative estimate of drug-likeness (QED) is 0.128. The highest BCUT2D eigenvalue weighted by Crippen LogP contribution is 2.48. The Kier molecular flexibility index (Phi) is 11.0. The van der Waals surface area contributed by atoms with Crippen LogP contribution in [0.4, 0.5) is 0 Å². The van der Waals surface area contributed by atoms with Gasteiger partial charge in [0.05, 0.1) is 37.2 Å². The average molecular weight is 990 g/mol. The molecule has 0 aliphatic heterocycles. The van der Waals surface area contributed by atoms with Gasteiger partial charge in [-0.2, -0.15) is 0 Å². The summed E-state index contributed by atoms with van der Waals surface area (Å²) >= 11 is 1.88. The van der Waals surface area contributed by atoms with Gasteiger partial charge >= 0.3 is 0 Å². The van der Waals surface area contributed by atoms with E-state index < -0.39 is 0 Å². The van der Waals surface area contributed by atoms with Crippen LogP contribution < -0.4 is 0 Å². The zero-order valence-electron chi connectivity index (χ0n) is 41.6. The molecule has 0 unspecified atom stereocenters. The summed E-state index contributed by atoms with van der Waals surface area (Å²) in [6.07, 6.45) is 7.97. The second-order valence-electron chi connectivity index (χ2n) is 19.2. The van der Waals surface area contributed by atoms with E-state index in [0.717, 1.165) is 61.4 Å². The van der Waals surface area contributed by atoms with Gasteiger partial charge in [-0.25, -0.2) is 15.0 Å². The smallest absolute Gasteiger partial charge is 0.166 e. The third-order valence-electron chi connectivity index (χ3n) is 14.7. The molecule has 0 amide bonds. The van der Waals surface area contributed by atoms with E-state index in [0.29, 0.717) is 17.5 Å². The van der Waals surface area contributed by atoms with E-state index in [1.807, 2.05) is 41.7 Å². The first-order valence-electron chi connectivity index (χ1n) is 25.6. The Bertz CT molecular complexity index is 4650. The Morgan fingerprint density at radius 2 is 0.921 bits per heavy atom. The summed E-state index contributed by atoms with van der Waals surface area (Å²) in [5.74, 6) is 1.81. The molecule has 0 fully saturated rings. The Morgan fingerprint density at radius 1 is 0.408 bits per heavy atom. The van der Waals surface area contributed by atoms with E-state index in [4.69, 9.17) is 15.0 Å². The SMILES string of the molecule is C=C/C=C\C=C(/C)c1cccc(-n2c3ccccc3c3ccc4c5ccc6c7ccccc7n(-c7ccccc7-c7nc(-c8ccc(-c9ccccc9)cc8)nc(-c8cccc(-c9ccccc9)c8)n7)c6c5sc4c32)c1. The molecule has 0 saturated heterocycles. The number of allylic oxidation sites excluding steroid dienone is 5. The third-order valence-corrected chi connectivity index (χ3v) is 16.0. The molecule has 4 aromatic heterocycles. The van der Waals surface area contributed by atoms with Crippen LogP contribution >= 0.6 is 11.3 Å². The standard InChI is InChI=1S/C70H47N5S/c1-3-4-7-20-45(2)50-25-19-28-53(44-50)74-61-32-15-12-29-54(61)56-39-41-58-59-42-40-57-55-30-13-16-33-62(55)75(65(57)67(59)76-66(58)64(56)74)63-34-17-14-31-60(63)70-72-68(49-37-35-48(36-38-49)46-21-8-5-9-22-46)71-69(73-70)52-27-18-26-51(43-52)47-23-10-6-11-24-47/h3-44H,1H2,2H3/b7-4-,45-20+. The van der Waals surface area contributed by atoms with Crippen molar-refractivity contribution in [3.05, 3.63) is 267 Å². The average Bonchev–Trinajstić information content (AvgIpc) is 4.30. The van der Waals surface area contributed by atoms with Gasteiger partial charge in [-0.15, -0.1) is 11.3 Å². The molecule has 5 nitrogen and oxygen atoms in total. The van der Waals surface area contributed by atoms with E-state index in [1.165, 1.54) is 63.9 Å². The number of para-hydroxylation sites is 3. The molecule has 0 aliphatic carbocycles. The fourth-order valence-electron chi connectivity index (χ4n) is 11.1. The van der Waals surface area contributed by atoms with Gasteiger partial charge < -0.3 is 9.13 Å². The molecule has 14 aromatic rings. The molecule has 0 aliphatic rings. The molecule has 10 aromatic carbocycles. The van der Waals surface area contributed by atoms with Crippen LogP contribution in [0.2, 0.25) is 0 Å². The van der Waals surface area contributed by atoms with Crippen molar-refractivity contribution in [3.8, 4) is 67.8 Å². The maximum atomic E-state index is 5.41. The normalized spacial score (nSPS) is 12.1.